The number of nitro groups is 1. The summed E-state index contributed by atoms with van der Waals surface area (Å²) in [6.45, 7) is 0.832. The number of halogens is 1. The van der Waals surface area contributed by atoms with Crippen molar-refractivity contribution in [2.75, 3.05) is 18.5 Å². The van der Waals surface area contributed by atoms with Crippen molar-refractivity contribution in [3.05, 3.63) is 27.4 Å². The maximum atomic E-state index is 10.6. The smallest absolute Gasteiger partial charge is 0.276 e. The average Bonchev–Trinajstić information content (AvgIpc) is 2.28. The summed E-state index contributed by atoms with van der Waals surface area (Å²) in [5.74, 6) is 0.120. The lowest BCUT2D eigenvalue weighted by Gasteiger charge is -2.26. The summed E-state index contributed by atoms with van der Waals surface area (Å²) in [6.07, 6.45) is 0. The molecule has 0 radical (unpaired) electrons. The van der Waals surface area contributed by atoms with Crippen LogP contribution in [-0.4, -0.2) is 38.9 Å². The second-order valence-corrected chi connectivity index (χ2v) is 4.18. The normalized spacial score (nSPS) is 11.3. The third kappa shape index (κ3) is 3.52. The van der Waals surface area contributed by atoms with E-state index in [4.69, 9.17) is 21.8 Å². The van der Waals surface area contributed by atoms with Gasteiger partial charge in [0, 0.05) is 0 Å². The first kappa shape index (κ1) is 13.6. The van der Waals surface area contributed by atoms with Gasteiger partial charge in [0.1, 0.15) is 11.0 Å². The van der Waals surface area contributed by atoms with Crippen LogP contribution in [0.1, 0.15) is 6.92 Å². The van der Waals surface area contributed by atoms with Crippen LogP contribution in [0.4, 0.5) is 11.5 Å². The Morgan fingerprint density at radius 2 is 2.12 bits per heavy atom. The summed E-state index contributed by atoms with van der Waals surface area (Å²) >= 11 is 5.63. The van der Waals surface area contributed by atoms with Crippen molar-refractivity contribution < 1.29 is 15.1 Å². The van der Waals surface area contributed by atoms with E-state index in [0.29, 0.717) is 0 Å². The van der Waals surface area contributed by atoms with E-state index < -0.39 is 10.5 Å². The van der Waals surface area contributed by atoms with Gasteiger partial charge in [-0.05, 0) is 6.92 Å². The molecule has 0 saturated heterocycles. The van der Waals surface area contributed by atoms with Crippen LogP contribution in [0.25, 0.3) is 0 Å². The second-order valence-electron chi connectivity index (χ2n) is 3.79. The topological polar surface area (TPSA) is 109 Å². The predicted octanol–water partition coefficient (Wildman–Crippen LogP) is 0.798. The molecule has 1 heterocycles. The molecular formula is C9H12ClN3O4. The van der Waals surface area contributed by atoms with Gasteiger partial charge >= 0.3 is 0 Å². The molecule has 17 heavy (non-hydrogen) atoms. The number of nitrogens with zero attached hydrogens (tertiary/aromatic N) is 2. The first-order chi connectivity index (χ1) is 7.90. The molecule has 0 unspecified atom stereocenters. The molecule has 7 nitrogen and oxygen atoms in total. The molecule has 3 N–H and O–H groups in total. The standard InChI is InChI=1S/C9H12ClN3O4/c1-9(4-14,5-15)12-8-3-6(13(16)17)2-7(10)11-8/h2-3,14-15H,4-5H2,1H3,(H,11,12). The van der Waals surface area contributed by atoms with Gasteiger partial charge in [-0.1, -0.05) is 11.6 Å². The molecule has 0 atom stereocenters. The van der Waals surface area contributed by atoms with Crippen LogP contribution in [0, 0.1) is 10.1 Å². The first-order valence-electron chi connectivity index (χ1n) is 4.72. The number of aromatic nitrogens is 1. The van der Waals surface area contributed by atoms with Gasteiger partial charge in [0.25, 0.3) is 5.69 Å². The Hall–Kier alpha value is -1.44. The van der Waals surface area contributed by atoms with Gasteiger partial charge < -0.3 is 15.5 Å². The Bertz CT molecular complexity index is 423. The number of pyridine rings is 1. The molecule has 1 aromatic rings. The third-order valence-electron chi connectivity index (χ3n) is 2.12. The molecule has 0 aliphatic rings. The first-order valence-corrected chi connectivity index (χ1v) is 5.10. The highest BCUT2D eigenvalue weighted by Crippen LogP contribution is 2.22. The summed E-state index contributed by atoms with van der Waals surface area (Å²) in [4.78, 5) is 13.8. The van der Waals surface area contributed by atoms with Crippen molar-refractivity contribution >= 4 is 23.1 Å². The molecule has 94 valence electrons. The summed E-state index contributed by atoms with van der Waals surface area (Å²) in [5, 5.41) is 31.4. The fourth-order valence-electron chi connectivity index (χ4n) is 1.09. The minimum absolute atomic E-state index is 0.0417. The molecule has 0 bridgehead atoms. The zero-order valence-corrected chi connectivity index (χ0v) is 9.81. The molecule has 0 aromatic carbocycles. The molecule has 1 rings (SSSR count). The lowest BCUT2D eigenvalue weighted by Crippen LogP contribution is -2.42. The van der Waals surface area contributed by atoms with Crippen molar-refractivity contribution in [3.63, 3.8) is 0 Å². The Balaban J connectivity index is 3.02. The van der Waals surface area contributed by atoms with E-state index in [1.807, 2.05) is 0 Å². The van der Waals surface area contributed by atoms with Crippen molar-refractivity contribution in [2.45, 2.75) is 12.5 Å². The van der Waals surface area contributed by atoms with Gasteiger partial charge in [-0.15, -0.1) is 0 Å². The number of anilines is 1. The molecule has 0 aliphatic carbocycles. The maximum Gasteiger partial charge on any atom is 0.276 e. The van der Waals surface area contributed by atoms with Crippen molar-refractivity contribution in [3.8, 4) is 0 Å². The van der Waals surface area contributed by atoms with Gasteiger partial charge in [-0.2, -0.15) is 0 Å². The molecule has 0 aliphatic heterocycles. The minimum atomic E-state index is -1.02. The quantitative estimate of drug-likeness (QED) is 0.411. The van der Waals surface area contributed by atoms with Crippen molar-refractivity contribution in [2.24, 2.45) is 0 Å². The van der Waals surface area contributed by atoms with E-state index in [0.717, 1.165) is 6.07 Å². The van der Waals surface area contributed by atoms with Crippen LogP contribution in [0.2, 0.25) is 5.15 Å². The van der Waals surface area contributed by atoms with Gasteiger partial charge in [-0.25, -0.2) is 4.98 Å². The van der Waals surface area contributed by atoms with Crippen molar-refractivity contribution in [1.29, 1.82) is 0 Å². The molecular weight excluding hydrogens is 250 g/mol. The van der Waals surface area contributed by atoms with E-state index in [1.54, 1.807) is 6.92 Å². The molecule has 0 saturated carbocycles. The zero-order valence-electron chi connectivity index (χ0n) is 9.05. The number of hydrogen-bond donors (Lipinski definition) is 3. The van der Waals surface area contributed by atoms with Gasteiger partial charge in [0.05, 0.1) is 35.8 Å². The van der Waals surface area contributed by atoms with Crippen LogP contribution in [-0.2, 0) is 0 Å². The third-order valence-corrected chi connectivity index (χ3v) is 2.31. The zero-order chi connectivity index (χ0) is 13.1. The number of hydrogen-bond acceptors (Lipinski definition) is 6. The Kier molecular flexibility index (Phi) is 4.22. The minimum Gasteiger partial charge on any atom is -0.394 e. The van der Waals surface area contributed by atoms with E-state index >= 15 is 0 Å². The van der Waals surface area contributed by atoms with Crippen LogP contribution in [0.15, 0.2) is 12.1 Å². The summed E-state index contributed by atoms with van der Waals surface area (Å²) in [5.41, 5.74) is -1.24. The number of aliphatic hydroxyl groups is 2. The number of nitrogens with one attached hydrogen (secondary N) is 1. The Morgan fingerprint density at radius 1 is 1.53 bits per heavy atom. The van der Waals surface area contributed by atoms with Crippen LogP contribution in [0.5, 0.6) is 0 Å². The monoisotopic (exact) mass is 261 g/mol. The van der Waals surface area contributed by atoms with Gasteiger partial charge in [-0.3, -0.25) is 10.1 Å². The van der Waals surface area contributed by atoms with E-state index in [1.165, 1.54) is 6.07 Å². The van der Waals surface area contributed by atoms with E-state index in [9.17, 15) is 10.1 Å². The lowest BCUT2D eigenvalue weighted by molar-refractivity contribution is -0.384. The number of aliphatic hydroxyl groups excluding tert-OH is 2. The second kappa shape index (κ2) is 5.26. The Morgan fingerprint density at radius 3 is 2.59 bits per heavy atom. The summed E-state index contributed by atoms with van der Waals surface area (Å²) in [6, 6.07) is 2.29. The summed E-state index contributed by atoms with van der Waals surface area (Å²) < 4.78 is 0. The SMILES string of the molecule is CC(CO)(CO)Nc1cc([N+](=O)[O-])cc(Cl)n1. The Labute approximate surface area is 102 Å². The van der Waals surface area contributed by atoms with Crippen LogP contribution >= 0.6 is 11.6 Å². The van der Waals surface area contributed by atoms with Crippen LogP contribution < -0.4 is 5.32 Å². The van der Waals surface area contributed by atoms with Gasteiger partial charge in [0.15, 0.2) is 0 Å². The number of rotatable bonds is 5. The molecule has 0 fully saturated rings. The summed E-state index contributed by atoms with van der Waals surface area (Å²) in [7, 11) is 0. The maximum absolute atomic E-state index is 10.6. The molecule has 1 aromatic heterocycles. The fraction of sp³-hybridized carbons (Fsp3) is 0.444. The largest absolute Gasteiger partial charge is 0.394 e. The van der Waals surface area contributed by atoms with E-state index in [2.05, 4.69) is 10.3 Å². The van der Waals surface area contributed by atoms with Gasteiger partial charge in [0.2, 0.25) is 0 Å². The molecule has 0 spiro atoms. The fourth-order valence-corrected chi connectivity index (χ4v) is 1.29. The van der Waals surface area contributed by atoms with Crippen molar-refractivity contribution in [1.82, 2.24) is 4.98 Å². The highest BCUT2D eigenvalue weighted by molar-refractivity contribution is 6.29. The molecule has 8 heteroatoms. The highest BCUT2D eigenvalue weighted by Gasteiger charge is 2.23. The predicted molar refractivity (Wildman–Crippen MR) is 62.1 cm³/mol. The lowest BCUT2D eigenvalue weighted by atomic mass is 10.1. The van der Waals surface area contributed by atoms with Crippen LogP contribution in [0.3, 0.4) is 0 Å². The average molecular weight is 262 g/mol. The molecule has 0 amide bonds. The van der Waals surface area contributed by atoms with E-state index in [-0.39, 0.29) is 29.9 Å². The highest BCUT2D eigenvalue weighted by atomic mass is 35.5.